The number of rotatable bonds is 4. The van der Waals surface area contributed by atoms with Crippen LogP contribution in [0.4, 0.5) is 0 Å². The van der Waals surface area contributed by atoms with Crippen molar-refractivity contribution in [2.24, 2.45) is 0 Å². The number of benzene rings is 2. The molecule has 4 aromatic rings. The highest BCUT2D eigenvalue weighted by Gasteiger charge is 2.14. The average Bonchev–Trinajstić information content (AvgIpc) is 3.15. The molecule has 128 valence electrons. The Balaban J connectivity index is 1.53. The van der Waals surface area contributed by atoms with E-state index < -0.39 is 11.6 Å². The molecule has 0 saturated heterocycles. The third-order valence-electron chi connectivity index (χ3n) is 3.87. The minimum atomic E-state index is -0.547. The van der Waals surface area contributed by atoms with E-state index in [2.05, 4.69) is 20.3 Å². The van der Waals surface area contributed by atoms with Gasteiger partial charge in [-0.2, -0.15) is 4.98 Å². The van der Waals surface area contributed by atoms with E-state index in [-0.39, 0.29) is 12.2 Å². The fourth-order valence-electron chi connectivity index (χ4n) is 2.65. The fourth-order valence-corrected chi connectivity index (χ4v) is 3.39. The highest BCUT2D eigenvalue weighted by molar-refractivity contribution is 7.09. The van der Waals surface area contributed by atoms with E-state index in [0.717, 1.165) is 16.3 Å². The number of amides is 1. The summed E-state index contributed by atoms with van der Waals surface area (Å²) in [6.07, 6.45) is 0. The number of carbonyl (C=O) groups excluding carboxylic acids is 1. The maximum Gasteiger partial charge on any atom is 0.346 e. The molecule has 0 aliphatic carbocycles. The van der Waals surface area contributed by atoms with Crippen LogP contribution in [0.1, 0.15) is 15.5 Å². The molecule has 0 unspecified atom stereocenters. The molecule has 0 aliphatic rings. The van der Waals surface area contributed by atoms with E-state index in [4.69, 9.17) is 0 Å². The lowest BCUT2D eigenvalue weighted by atomic mass is 10.2. The number of hydrogen-bond donors (Lipinski definition) is 2. The van der Waals surface area contributed by atoms with Gasteiger partial charge in [-0.05, 0) is 6.07 Å². The lowest BCUT2D eigenvalue weighted by Crippen LogP contribution is -2.27. The summed E-state index contributed by atoms with van der Waals surface area (Å²) in [4.78, 5) is 35.2. The van der Waals surface area contributed by atoms with Gasteiger partial charge in [0.15, 0.2) is 0 Å². The molecule has 26 heavy (non-hydrogen) atoms. The maximum atomic E-state index is 12.5. The van der Waals surface area contributed by atoms with Gasteiger partial charge >= 0.3 is 5.69 Å². The number of H-pyrrole nitrogens is 1. The van der Waals surface area contributed by atoms with Crippen molar-refractivity contribution in [1.29, 1.82) is 0 Å². The van der Waals surface area contributed by atoms with Crippen LogP contribution in [0.25, 0.3) is 22.2 Å². The summed E-state index contributed by atoms with van der Waals surface area (Å²) >= 11 is 1.47. The van der Waals surface area contributed by atoms with Gasteiger partial charge < -0.3 is 10.3 Å². The van der Waals surface area contributed by atoms with Crippen LogP contribution in [-0.4, -0.2) is 20.9 Å². The van der Waals surface area contributed by atoms with E-state index in [0.29, 0.717) is 10.9 Å². The first-order valence-corrected chi connectivity index (χ1v) is 8.86. The van der Waals surface area contributed by atoms with E-state index in [1.807, 2.05) is 35.7 Å². The highest BCUT2D eigenvalue weighted by atomic mass is 32.1. The molecule has 2 aromatic carbocycles. The predicted molar refractivity (Wildman–Crippen MR) is 101 cm³/mol. The fraction of sp³-hybridized carbons (Fsp3) is 0.0526. The summed E-state index contributed by atoms with van der Waals surface area (Å²) in [7, 11) is 0. The lowest BCUT2D eigenvalue weighted by molar-refractivity contribution is 0.0947. The van der Waals surface area contributed by atoms with Crippen LogP contribution in [0.2, 0.25) is 0 Å². The van der Waals surface area contributed by atoms with Crippen molar-refractivity contribution in [1.82, 2.24) is 20.3 Å². The number of para-hydroxylation sites is 1. The second-order valence-electron chi connectivity index (χ2n) is 5.61. The zero-order valence-corrected chi connectivity index (χ0v) is 14.4. The smallest absolute Gasteiger partial charge is 0.344 e. The van der Waals surface area contributed by atoms with Crippen LogP contribution in [-0.2, 0) is 6.54 Å². The highest BCUT2D eigenvalue weighted by Crippen LogP contribution is 2.21. The molecule has 2 heterocycles. The van der Waals surface area contributed by atoms with Crippen molar-refractivity contribution >= 4 is 28.1 Å². The molecular formula is C19H14N4O2S. The average molecular weight is 362 g/mol. The summed E-state index contributed by atoms with van der Waals surface area (Å²) < 4.78 is 0. The van der Waals surface area contributed by atoms with Crippen molar-refractivity contribution in [2.75, 3.05) is 0 Å². The molecule has 7 heteroatoms. The Morgan fingerprint density at radius 3 is 2.65 bits per heavy atom. The predicted octanol–water partition coefficient (Wildman–Crippen LogP) is 2.98. The summed E-state index contributed by atoms with van der Waals surface area (Å²) in [6.45, 7) is 0.277. The number of hydrogen-bond acceptors (Lipinski definition) is 5. The Bertz CT molecular complexity index is 1130. The van der Waals surface area contributed by atoms with Gasteiger partial charge in [0.1, 0.15) is 10.7 Å². The van der Waals surface area contributed by atoms with Crippen molar-refractivity contribution in [3.05, 3.63) is 81.2 Å². The normalized spacial score (nSPS) is 10.8. The molecule has 0 aliphatic heterocycles. The van der Waals surface area contributed by atoms with Crippen LogP contribution < -0.4 is 11.0 Å². The largest absolute Gasteiger partial charge is 0.346 e. The standard InChI is InChI=1S/C19H14N4O2S/c24-18(17-13-8-4-5-9-14(13)22-19(25)23-17)20-10-16-21-15(11-26-16)12-6-2-1-3-7-12/h1-9,11H,10H2,(H,20,24)(H,22,23,25). The minimum absolute atomic E-state index is 0.115. The van der Waals surface area contributed by atoms with Crippen LogP contribution >= 0.6 is 11.3 Å². The number of nitrogens with zero attached hydrogens (tertiary/aromatic N) is 2. The summed E-state index contributed by atoms with van der Waals surface area (Å²) in [6, 6.07) is 16.9. The molecule has 1 amide bonds. The lowest BCUT2D eigenvalue weighted by Gasteiger charge is -2.05. The first-order valence-electron chi connectivity index (χ1n) is 7.98. The van der Waals surface area contributed by atoms with Gasteiger partial charge in [-0.3, -0.25) is 4.79 Å². The molecule has 0 saturated carbocycles. The van der Waals surface area contributed by atoms with E-state index in [1.165, 1.54) is 11.3 Å². The Kier molecular flexibility index (Phi) is 4.28. The van der Waals surface area contributed by atoms with Crippen LogP contribution in [0.5, 0.6) is 0 Å². The topological polar surface area (TPSA) is 87.7 Å². The van der Waals surface area contributed by atoms with Gasteiger partial charge in [0.25, 0.3) is 5.91 Å². The molecule has 2 N–H and O–H groups in total. The third kappa shape index (κ3) is 3.25. The molecule has 0 bridgehead atoms. The van der Waals surface area contributed by atoms with Crippen LogP contribution in [0.3, 0.4) is 0 Å². The Hall–Kier alpha value is -3.32. The maximum absolute atomic E-state index is 12.5. The molecule has 6 nitrogen and oxygen atoms in total. The van der Waals surface area contributed by atoms with Crippen molar-refractivity contribution < 1.29 is 4.79 Å². The van der Waals surface area contributed by atoms with Gasteiger partial charge in [0.05, 0.1) is 17.8 Å². The van der Waals surface area contributed by atoms with Gasteiger partial charge in [-0.15, -0.1) is 11.3 Å². The van der Waals surface area contributed by atoms with Gasteiger partial charge in [-0.1, -0.05) is 48.5 Å². The van der Waals surface area contributed by atoms with Gasteiger partial charge in [-0.25, -0.2) is 9.78 Å². The summed E-state index contributed by atoms with van der Waals surface area (Å²) in [5.74, 6) is -0.399. The van der Waals surface area contributed by atoms with Gasteiger partial charge in [0.2, 0.25) is 0 Å². The Labute approximate surface area is 152 Å². The van der Waals surface area contributed by atoms with E-state index in [1.54, 1.807) is 24.3 Å². The molecule has 4 rings (SSSR count). The van der Waals surface area contributed by atoms with Gasteiger partial charge in [0, 0.05) is 16.3 Å². The molecule has 0 radical (unpaired) electrons. The monoisotopic (exact) mass is 362 g/mol. The molecule has 0 atom stereocenters. The number of carbonyl (C=O) groups is 1. The van der Waals surface area contributed by atoms with Crippen LogP contribution in [0, 0.1) is 0 Å². The number of fused-ring (bicyclic) bond motifs is 1. The number of aromatic amines is 1. The first-order chi connectivity index (χ1) is 12.7. The third-order valence-corrected chi connectivity index (χ3v) is 4.72. The molecule has 0 spiro atoms. The number of thiazole rings is 1. The Morgan fingerprint density at radius 1 is 1.04 bits per heavy atom. The van der Waals surface area contributed by atoms with Crippen molar-refractivity contribution in [3.8, 4) is 11.3 Å². The zero-order valence-electron chi connectivity index (χ0n) is 13.6. The number of nitrogens with one attached hydrogen (secondary N) is 2. The first kappa shape index (κ1) is 16.2. The van der Waals surface area contributed by atoms with E-state index in [9.17, 15) is 9.59 Å². The Morgan fingerprint density at radius 2 is 1.81 bits per heavy atom. The second kappa shape index (κ2) is 6.89. The zero-order chi connectivity index (χ0) is 17.9. The number of aromatic nitrogens is 3. The molecular weight excluding hydrogens is 348 g/mol. The molecule has 2 aromatic heterocycles. The van der Waals surface area contributed by atoms with Crippen molar-refractivity contribution in [3.63, 3.8) is 0 Å². The minimum Gasteiger partial charge on any atom is -0.344 e. The van der Waals surface area contributed by atoms with E-state index >= 15 is 0 Å². The van der Waals surface area contributed by atoms with Crippen LogP contribution in [0.15, 0.2) is 64.8 Å². The second-order valence-corrected chi connectivity index (χ2v) is 6.55. The van der Waals surface area contributed by atoms with Crippen molar-refractivity contribution in [2.45, 2.75) is 6.54 Å². The molecule has 0 fully saturated rings. The SMILES string of the molecule is O=C(NCc1nc(-c2ccccc2)cs1)c1nc(=O)[nH]c2ccccc12. The quantitative estimate of drug-likeness (QED) is 0.584. The summed E-state index contributed by atoms with van der Waals surface area (Å²) in [5, 5.41) is 6.14. The summed E-state index contributed by atoms with van der Waals surface area (Å²) in [5.41, 5.74) is 2.06.